The van der Waals surface area contributed by atoms with E-state index in [1.807, 2.05) is 0 Å². The molecule has 0 bridgehead atoms. The van der Waals surface area contributed by atoms with Gasteiger partial charge < -0.3 is 25.2 Å². The molecular weight excluding hydrogens is 356 g/mol. The van der Waals surface area contributed by atoms with Crippen LogP contribution >= 0.6 is 0 Å². The van der Waals surface area contributed by atoms with Crippen molar-refractivity contribution in [2.75, 3.05) is 0 Å². The molecular formula is C23H37O5-. The van der Waals surface area contributed by atoms with Crippen LogP contribution in [0.2, 0.25) is 0 Å². The van der Waals surface area contributed by atoms with Crippen LogP contribution in [0.4, 0.5) is 0 Å². The monoisotopic (exact) mass is 393 g/mol. The third-order valence-electron chi connectivity index (χ3n) is 9.58. The number of hydrogen-bond donors (Lipinski definition) is 3. The molecule has 4 aliphatic carbocycles. The number of carboxylic acids is 1. The van der Waals surface area contributed by atoms with E-state index in [9.17, 15) is 25.2 Å². The smallest absolute Gasteiger partial charge is 0.0576 e. The molecule has 0 aromatic rings. The average Bonchev–Trinajstić information content (AvgIpc) is 3.07. The summed E-state index contributed by atoms with van der Waals surface area (Å²) >= 11 is 0. The normalized spacial score (nSPS) is 51.7. The molecule has 4 fully saturated rings. The third kappa shape index (κ3) is 3.31. The minimum Gasteiger partial charge on any atom is -0.550 e. The van der Waals surface area contributed by atoms with Gasteiger partial charge in [0.05, 0.1) is 18.3 Å². The second kappa shape index (κ2) is 7.55. The summed E-state index contributed by atoms with van der Waals surface area (Å²) in [5, 5.41) is 43.4. The van der Waals surface area contributed by atoms with Crippen molar-refractivity contribution in [1.82, 2.24) is 0 Å². The summed E-state index contributed by atoms with van der Waals surface area (Å²) in [6, 6.07) is 0. The fourth-order valence-electron chi connectivity index (χ4n) is 8.17. The predicted molar refractivity (Wildman–Crippen MR) is 103 cm³/mol. The predicted octanol–water partition coefficient (Wildman–Crippen LogP) is 1.72. The minimum absolute atomic E-state index is 0.0852. The quantitative estimate of drug-likeness (QED) is 0.675. The first-order valence-corrected chi connectivity index (χ1v) is 11.5. The van der Waals surface area contributed by atoms with Crippen molar-refractivity contribution in [2.24, 2.45) is 46.8 Å². The number of carboxylic acid groups (broad SMARTS) is 1. The van der Waals surface area contributed by atoms with E-state index in [0.717, 1.165) is 44.9 Å². The Morgan fingerprint density at radius 1 is 1.07 bits per heavy atom. The number of carbonyl (C=O) groups excluding carboxylic acids is 1. The fraction of sp³-hybridized carbons (Fsp3) is 0.957. The van der Waals surface area contributed by atoms with Crippen molar-refractivity contribution >= 4 is 5.97 Å². The molecule has 0 spiro atoms. The van der Waals surface area contributed by atoms with Crippen molar-refractivity contribution in [3.63, 3.8) is 0 Å². The lowest BCUT2D eigenvalue weighted by Crippen LogP contribution is -2.59. The summed E-state index contributed by atoms with van der Waals surface area (Å²) in [7, 11) is 0. The lowest BCUT2D eigenvalue weighted by atomic mass is 9.45. The first-order valence-electron chi connectivity index (χ1n) is 11.5. The van der Waals surface area contributed by atoms with Crippen LogP contribution in [0.25, 0.3) is 0 Å². The molecule has 4 saturated carbocycles. The van der Waals surface area contributed by atoms with E-state index in [2.05, 4.69) is 13.8 Å². The molecule has 160 valence electrons. The maximum Gasteiger partial charge on any atom is 0.0576 e. The van der Waals surface area contributed by atoms with Gasteiger partial charge >= 0.3 is 0 Å². The van der Waals surface area contributed by atoms with E-state index in [0.29, 0.717) is 30.1 Å². The summed E-state index contributed by atoms with van der Waals surface area (Å²) in [5.74, 6) is 1.03. The Morgan fingerprint density at radius 2 is 1.79 bits per heavy atom. The molecule has 5 nitrogen and oxygen atoms in total. The molecule has 0 aromatic heterocycles. The number of fused-ring (bicyclic) bond motifs is 5. The zero-order valence-corrected chi connectivity index (χ0v) is 17.3. The summed E-state index contributed by atoms with van der Waals surface area (Å²) in [4.78, 5) is 10.9. The van der Waals surface area contributed by atoms with Crippen LogP contribution in [0.15, 0.2) is 0 Å². The number of rotatable bonds is 4. The minimum atomic E-state index is -0.994. The molecule has 11 atom stereocenters. The summed E-state index contributed by atoms with van der Waals surface area (Å²) in [5.41, 5.74) is 0.105. The van der Waals surface area contributed by atoms with Gasteiger partial charge in [0.1, 0.15) is 0 Å². The van der Waals surface area contributed by atoms with Gasteiger partial charge in [-0.25, -0.2) is 0 Å². The van der Waals surface area contributed by atoms with Crippen LogP contribution in [0.1, 0.15) is 71.6 Å². The Bertz CT molecular complexity index is 594. The zero-order valence-electron chi connectivity index (χ0n) is 17.3. The van der Waals surface area contributed by atoms with Crippen molar-refractivity contribution in [3.05, 3.63) is 0 Å². The van der Waals surface area contributed by atoms with Crippen LogP contribution in [0.5, 0.6) is 0 Å². The van der Waals surface area contributed by atoms with Crippen molar-refractivity contribution < 1.29 is 25.2 Å². The third-order valence-corrected chi connectivity index (χ3v) is 9.58. The molecule has 4 rings (SSSR count). The SMILES string of the molecule is C[C@@H](CCC(=O)[O-])[C@H]1CC[C@@H]2C1C(O)C[C@H]1[C@H]2C(O)C[C@@H]2CC(O)CC[C@@]21C. The molecule has 0 radical (unpaired) electrons. The topological polar surface area (TPSA) is 101 Å². The van der Waals surface area contributed by atoms with Crippen molar-refractivity contribution in [1.29, 1.82) is 0 Å². The van der Waals surface area contributed by atoms with Crippen molar-refractivity contribution in [2.45, 2.75) is 89.9 Å². The number of aliphatic hydroxyl groups is 3. The van der Waals surface area contributed by atoms with E-state index in [4.69, 9.17) is 0 Å². The Kier molecular flexibility index (Phi) is 5.56. The van der Waals surface area contributed by atoms with Gasteiger partial charge in [0.2, 0.25) is 0 Å². The van der Waals surface area contributed by atoms with Gasteiger partial charge in [-0.15, -0.1) is 0 Å². The van der Waals surface area contributed by atoms with Crippen LogP contribution in [-0.4, -0.2) is 39.6 Å². The second-order valence-corrected chi connectivity index (χ2v) is 10.8. The number of aliphatic carboxylic acids is 1. The molecule has 0 aliphatic heterocycles. The summed E-state index contributed by atoms with van der Waals surface area (Å²) < 4.78 is 0. The largest absolute Gasteiger partial charge is 0.550 e. The van der Waals surface area contributed by atoms with Gasteiger partial charge in [0, 0.05) is 5.97 Å². The zero-order chi connectivity index (χ0) is 20.2. The molecule has 4 unspecified atom stereocenters. The second-order valence-electron chi connectivity index (χ2n) is 10.8. The molecule has 0 aromatic carbocycles. The van der Waals surface area contributed by atoms with E-state index >= 15 is 0 Å². The van der Waals surface area contributed by atoms with Crippen molar-refractivity contribution in [3.8, 4) is 0 Å². The van der Waals surface area contributed by atoms with E-state index in [1.165, 1.54) is 0 Å². The highest BCUT2D eigenvalue weighted by molar-refractivity contribution is 5.64. The van der Waals surface area contributed by atoms with Crippen LogP contribution < -0.4 is 5.11 Å². The van der Waals surface area contributed by atoms with Gasteiger partial charge in [0.25, 0.3) is 0 Å². The van der Waals surface area contributed by atoms with E-state index in [-0.39, 0.29) is 47.9 Å². The molecule has 0 saturated heterocycles. The average molecular weight is 394 g/mol. The lowest BCUT2D eigenvalue weighted by molar-refractivity contribution is -0.306. The molecule has 28 heavy (non-hydrogen) atoms. The molecule has 4 aliphatic rings. The Hall–Kier alpha value is -0.650. The summed E-state index contributed by atoms with van der Waals surface area (Å²) in [6.07, 6.45) is 5.92. The van der Waals surface area contributed by atoms with Crippen LogP contribution in [0.3, 0.4) is 0 Å². The Labute approximate surface area is 168 Å². The number of aliphatic hydroxyl groups excluding tert-OH is 3. The Balaban J connectivity index is 1.55. The highest BCUT2D eigenvalue weighted by Gasteiger charge is 2.61. The van der Waals surface area contributed by atoms with Gasteiger partial charge in [-0.2, -0.15) is 0 Å². The van der Waals surface area contributed by atoms with E-state index in [1.54, 1.807) is 0 Å². The van der Waals surface area contributed by atoms with Gasteiger partial charge in [0.15, 0.2) is 0 Å². The Morgan fingerprint density at radius 3 is 2.50 bits per heavy atom. The van der Waals surface area contributed by atoms with Gasteiger partial charge in [-0.05, 0) is 105 Å². The van der Waals surface area contributed by atoms with Crippen LogP contribution in [0, 0.1) is 46.8 Å². The number of carbonyl (C=O) groups is 1. The molecule has 3 N–H and O–H groups in total. The van der Waals surface area contributed by atoms with E-state index < -0.39 is 5.97 Å². The summed E-state index contributed by atoms with van der Waals surface area (Å²) in [6.45, 7) is 4.46. The highest BCUT2D eigenvalue weighted by Crippen LogP contribution is 2.64. The van der Waals surface area contributed by atoms with Gasteiger partial charge in [-0.3, -0.25) is 0 Å². The molecule has 0 heterocycles. The maximum atomic E-state index is 11.2. The maximum absolute atomic E-state index is 11.2. The number of hydrogen-bond acceptors (Lipinski definition) is 5. The first-order chi connectivity index (χ1) is 13.2. The molecule has 0 amide bonds. The highest BCUT2D eigenvalue weighted by atomic mass is 16.4. The lowest BCUT2D eigenvalue weighted by Gasteiger charge is -2.61. The molecule has 5 heteroatoms. The first kappa shape index (κ1) is 20.6. The van der Waals surface area contributed by atoms with Crippen LogP contribution in [-0.2, 0) is 4.79 Å². The van der Waals surface area contributed by atoms with Gasteiger partial charge in [-0.1, -0.05) is 13.8 Å². The standard InChI is InChI=1S/C23H38O5/c1-12(3-6-20(27)28)15-4-5-16-21(15)19(26)11-17-22(16)18(25)10-13-9-14(24)7-8-23(13,17)2/h12-19,21-22,24-26H,3-11H2,1-2H3,(H,27,28)/p-1/t12-,13-,14?,15+,16+,17-,18?,19?,21?,22-,23-/m0/s1. The fourth-order valence-corrected chi connectivity index (χ4v) is 8.17.